The molecule has 0 saturated heterocycles. The van der Waals surface area contributed by atoms with Crippen molar-refractivity contribution in [2.75, 3.05) is 18.5 Å². The Hall–Kier alpha value is -1.13. The molecule has 0 aromatic heterocycles. The van der Waals surface area contributed by atoms with Crippen molar-refractivity contribution in [1.82, 2.24) is 5.32 Å². The molecule has 0 fully saturated rings. The zero-order valence-electron chi connectivity index (χ0n) is 10.6. The molecule has 1 aromatic carbocycles. The monoisotopic (exact) mass is 252 g/mol. The number of thiocarbonyl (C=S) groups is 1. The molecule has 0 atom stereocenters. The maximum absolute atomic E-state index is 8.66. The van der Waals surface area contributed by atoms with Crippen molar-refractivity contribution in [3.63, 3.8) is 0 Å². The Bertz CT molecular complexity index is 368. The van der Waals surface area contributed by atoms with Crippen molar-refractivity contribution in [1.29, 1.82) is 0 Å². The van der Waals surface area contributed by atoms with E-state index in [0.29, 0.717) is 11.7 Å². The maximum Gasteiger partial charge on any atom is 0.170 e. The molecule has 94 valence electrons. The van der Waals surface area contributed by atoms with Crippen LogP contribution in [0.15, 0.2) is 24.3 Å². The molecule has 0 bridgehead atoms. The molecule has 0 saturated carbocycles. The van der Waals surface area contributed by atoms with E-state index in [4.69, 9.17) is 17.3 Å². The van der Waals surface area contributed by atoms with Crippen LogP contribution in [0.4, 0.5) is 5.69 Å². The van der Waals surface area contributed by atoms with Crippen LogP contribution in [0.5, 0.6) is 0 Å². The van der Waals surface area contributed by atoms with Crippen LogP contribution in [0.1, 0.15) is 26.3 Å². The van der Waals surface area contributed by atoms with E-state index in [-0.39, 0.29) is 12.0 Å². The van der Waals surface area contributed by atoms with E-state index >= 15 is 0 Å². The van der Waals surface area contributed by atoms with Crippen molar-refractivity contribution >= 4 is 23.0 Å². The van der Waals surface area contributed by atoms with Gasteiger partial charge in [0.2, 0.25) is 0 Å². The second-order valence-corrected chi connectivity index (χ2v) is 5.34. The van der Waals surface area contributed by atoms with Gasteiger partial charge in [-0.1, -0.05) is 32.9 Å². The average Bonchev–Trinajstić information content (AvgIpc) is 2.26. The molecule has 17 heavy (non-hydrogen) atoms. The molecule has 3 N–H and O–H groups in total. The number of hydrogen-bond acceptors (Lipinski definition) is 2. The molecule has 0 spiro atoms. The normalized spacial score (nSPS) is 11.1. The fraction of sp³-hybridized carbons (Fsp3) is 0.462. The van der Waals surface area contributed by atoms with Crippen molar-refractivity contribution in [2.24, 2.45) is 0 Å². The molecule has 0 radical (unpaired) electrons. The molecule has 0 aliphatic rings. The molecule has 0 heterocycles. The number of nitrogens with one attached hydrogen (secondary N) is 2. The summed E-state index contributed by atoms with van der Waals surface area (Å²) in [5.74, 6) is 0. The summed E-state index contributed by atoms with van der Waals surface area (Å²) in [5, 5.41) is 15.1. The summed E-state index contributed by atoms with van der Waals surface area (Å²) in [4.78, 5) is 0. The van der Waals surface area contributed by atoms with E-state index in [0.717, 1.165) is 5.69 Å². The molecule has 0 unspecified atom stereocenters. The smallest absolute Gasteiger partial charge is 0.170 e. The summed E-state index contributed by atoms with van der Waals surface area (Å²) in [6.45, 7) is 7.09. The summed E-state index contributed by atoms with van der Waals surface area (Å²) >= 11 is 5.07. The lowest BCUT2D eigenvalue weighted by atomic mass is 9.87. The molecule has 0 aliphatic heterocycles. The van der Waals surface area contributed by atoms with Crippen LogP contribution in [0, 0.1) is 0 Å². The summed E-state index contributed by atoms with van der Waals surface area (Å²) < 4.78 is 0. The van der Waals surface area contributed by atoms with Crippen molar-refractivity contribution in [3.05, 3.63) is 29.8 Å². The van der Waals surface area contributed by atoms with Gasteiger partial charge < -0.3 is 15.7 Å². The SMILES string of the molecule is CC(C)(C)c1ccc(NC(=S)NCCO)cc1. The van der Waals surface area contributed by atoms with Gasteiger partial charge in [-0.25, -0.2) is 0 Å². The van der Waals surface area contributed by atoms with Crippen LogP contribution in [0.25, 0.3) is 0 Å². The Morgan fingerprint density at radius 1 is 1.24 bits per heavy atom. The van der Waals surface area contributed by atoms with Crippen LogP contribution in [0.3, 0.4) is 0 Å². The number of aliphatic hydroxyl groups excluding tert-OH is 1. The van der Waals surface area contributed by atoms with Gasteiger partial charge in [0.25, 0.3) is 0 Å². The molecule has 1 rings (SSSR count). The van der Waals surface area contributed by atoms with E-state index in [1.165, 1.54) is 5.56 Å². The first-order chi connectivity index (χ1) is 7.93. The first-order valence-corrected chi connectivity index (χ1v) is 6.10. The largest absolute Gasteiger partial charge is 0.395 e. The van der Waals surface area contributed by atoms with Crippen LogP contribution < -0.4 is 10.6 Å². The predicted octanol–water partition coefficient (Wildman–Crippen LogP) is 2.26. The standard InChI is InChI=1S/C13H20N2OS/c1-13(2,3)10-4-6-11(7-5-10)15-12(17)14-8-9-16/h4-7,16H,8-9H2,1-3H3,(H2,14,15,17). The van der Waals surface area contributed by atoms with Gasteiger partial charge in [0.05, 0.1) is 6.61 Å². The highest BCUT2D eigenvalue weighted by atomic mass is 32.1. The van der Waals surface area contributed by atoms with E-state index in [9.17, 15) is 0 Å². The number of hydrogen-bond donors (Lipinski definition) is 3. The minimum Gasteiger partial charge on any atom is -0.395 e. The third kappa shape index (κ3) is 4.71. The van der Waals surface area contributed by atoms with Gasteiger partial charge in [0.15, 0.2) is 5.11 Å². The van der Waals surface area contributed by atoms with Crippen LogP contribution >= 0.6 is 12.2 Å². The first kappa shape index (κ1) is 13.9. The predicted molar refractivity (Wildman–Crippen MR) is 76.5 cm³/mol. The second kappa shape index (κ2) is 5.98. The van der Waals surface area contributed by atoms with E-state index < -0.39 is 0 Å². The Morgan fingerprint density at radius 2 is 1.82 bits per heavy atom. The van der Waals surface area contributed by atoms with Gasteiger partial charge in [-0.15, -0.1) is 0 Å². The van der Waals surface area contributed by atoms with Gasteiger partial charge in [-0.2, -0.15) is 0 Å². The highest BCUT2D eigenvalue weighted by Gasteiger charge is 2.12. The van der Waals surface area contributed by atoms with Gasteiger partial charge in [0.1, 0.15) is 0 Å². The van der Waals surface area contributed by atoms with Crippen molar-refractivity contribution < 1.29 is 5.11 Å². The second-order valence-electron chi connectivity index (χ2n) is 4.93. The molecule has 4 heteroatoms. The minimum absolute atomic E-state index is 0.0742. The number of rotatable bonds is 3. The minimum atomic E-state index is 0.0742. The molecular weight excluding hydrogens is 232 g/mol. The van der Waals surface area contributed by atoms with Gasteiger partial charge in [-0.3, -0.25) is 0 Å². The summed E-state index contributed by atoms with van der Waals surface area (Å²) in [6.07, 6.45) is 0. The lowest BCUT2D eigenvalue weighted by molar-refractivity contribution is 0.301. The Balaban J connectivity index is 2.60. The van der Waals surface area contributed by atoms with Gasteiger partial charge in [0, 0.05) is 12.2 Å². The van der Waals surface area contributed by atoms with Gasteiger partial charge >= 0.3 is 0 Å². The van der Waals surface area contributed by atoms with Crippen molar-refractivity contribution in [3.8, 4) is 0 Å². The maximum atomic E-state index is 8.66. The van der Waals surface area contributed by atoms with Crippen LogP contribution in [-0.4, -0.2) is 23.4 Å². The summed E-state index contributed by atoms with van der Waals surface area (Å²) in [5.41, 5.74) is 2.40. The summed E-state index contributed by atoms with van der Waals surface area (Å²) in [7, 11) is 0. The average molecular weight is 252 g/mol. The van der Waals surface area contributed by atoms with E-state index in [1.807, 2.05) is 12.1 Å². The lowest BCUT2D eigenvalue weighted by Gasteiger charge is -2.19. The number of benzene rings is 1. The highest BCUT2D eigenvalue weighted by Crippen LogP contribution is 2.23. The molecule has 0 aliphatic carbocycles. The zero-order valence-corrected chi connectivity index (χ0v) is 11.4. The first-order valence-electron chi connectivity index (χ1n) is 5.70. The fourth-order valence-electron chi connectivity index (χ4n) is 1.40. The Kier molecular flexibility index (Phi) is 4.90. The molecular formula is C13H20N2OS. The topological polar surface area (TPSA) is 44.3 Å². The number of anilines is 1. The van der Waals surface area contributed by atoms with Crippen LogP contribution in [-0.2, 0) is 5.41 Å². The van der Waals surface area contributed by atoms with Gasteiger partial charge in [-0.05, 0) is 35.3 Å². The third-order valence-corrected chi connectivity index (χ3v) is 2.65. The number of aliphatic hydroxyl groups is 1. The summed E-state index contributed by atoms with van der Waals surface area (Å²) in [6, 6.07) is 8.20. The van der Waals surface area contributed by atoms with Crippen LogP contribution in [0.2, 0.25) is 0 Å². The van der Waals surface area contributed by atoms with Crippen molar-refractivity contribution in [2.45, 2.75) is 26.2 Å². The fourth-order valence-corrected chi connectivity index (χ4v) is 1.62. The van der Waals surface area contributed by atoms with E-state index in [1.54, 1.807) is 0 Å². The molecule has 0 amide bonds. The van der Waals surface area contributed by atoms with E-state index in [2.05, 4.69) is 43.5 Å². The highest BCUT2D eigenvalue weighted by molar-refractivity contribution is 7.80. The quantitative estimate of drug-likeness (QED) is 0.722. The molecule has 1 aromatic rings. The Morgan fingerprint density at radius 3 is 2.29 bits per heavy atom. The lowest BCUT2D eigenvalue weighted by Crippen LogP contribution is -2.30. The third-order valence-electron chi connectivity index (χ3n) is 2.41. The molecule has 3 nitrogen and oxygen atoms in total. The Labute approximate surface area is 108 Å². The zero-order chi connectivity index (χ0) is 12.9.